The van der Waals surface area contributed by atoms with Crippen LogP contribution in [0.4, 0.5) is 4.39 Å². The molecule has 2 nitrogen and oxygen atoms in total. The zero-order valence-corrected chi connectivity index (χ0v) is 11.9. The zero-order chi connectivity index (χ0) is 15.2. The second-order valence-corrected chi connectivity index (χ2v) is 5.03. The maximum absolute atomic E-state index is 12.8. The summed E-state index contributed by atoms with van der Waals surface area (Å²) in [5.41, 5.74) is 1.40. The van der Waals surface area contributed by atoms with E-state index < -0.39 is 0 Å². The van der Waals surface area contributed by atoms with E-state index in [1.807, 2.05) is 37.3 Å². The van der Waals surface area contributed by atoms with Crippen molar-refractivity contribution >= 4 is 11.6 Å². The van der Waals surface area contributed by atoms with Gasteiger partial charge in [0.2, 0.25) is 0 Å². The van der Waals surface area contributed by atoms with Crippen molar-refractivity contribution in [2.24, 2.45) is 0 Å². The first kappa shape index (κ1) is 15.1. The molecule has 0 spiro atoms. The van der Waals surface area contributed by atoms with Crippen LogP contribution in [0.25, 0.3) is 0 Å². The third-order valence-corrected chi connectivity index (χ3v) is 3.55. The zero-order valence-electron chi connectivity index (χ0n) is 11.9. The standard InChI is InChI=1S/C18H17FO2/c1-13(14-5-3-2-4-6-14)17(20)11-12-18(21)15-7-9-16(19)10-8-15/h2-10,13H,11-12H2,1H3. The van der Waals surface area contributed by atoms with Crippen molar-refractivity contribution in [3.8, 4) is 0 Å². The number of carbonyl (C=O) groups is 2. The second kappa shape index (κ2) is 6.93. The van der Waals surface area contributed by atoms with Crippen LogP contribution in [0.1, 0.15) is 41.6 Å². The summed E-state index contributed by atoms with van der Waals surface area (Å²) in [6, 6.07) is 14.9. The second-order valence-electron chi connectivity index (χ2n) is 5.03. The Morgan fingerprint density at radius 1 is 0.952 bits per heavy atom. The van der Waals surface area contributed by atoms with Crippen LogP contribution >= 0.6 is 0 Å². The van der Waals surface area contributed by atoms with Crippen LogP contribution in [0.2, 0.25) is 0 Å². The summed E-state index contributed by atoms with van der Waals surface area (Å²) in [7, 11) is 0. The van der Waals surface area contributed by atoms with Gasteiger partial charge in [-0.25, -0.2) is 4.39 Å². The van der Waals surface area contributed by atoms with E-state index in [0.29, 0.717) is 5.56 Å². The minimum atomic E-state index is -0.375. The Labute approximate surface area is 123 Å². The van der Waals surface area contributed by atoms with Crippen LogP contribution in [0, 0.1) is 5.82 Å². The fourth-order valence-corrected chi connectivity index (χ4v) is 2.16. The molecule has 0 radical (unpaired) electrons. The highest BCUT2D eigenvalue weighted by Gasteiger charge is 2.16. The number of benzene rings is 2. The predicted molar refractivity (Wildman–Crippen MR) is 79.8 cm³/mol. The van der Waals surface area contributed by atoms with Crippen LogP contribution in [0.15, 0.2) is 54.6 Å². The lowest BCUT2D eigenvalue weighted by Crippen LogP contribution is -2.11. The Kier molecular flexibility index (Phi) is 4.99. The van der Waals surface area contributed by atoms with E-state index in [2.05, 4.69) is 0 Å². The quantitative estimate of drug-likeness (QED) is 0.746. The SMILES string of the molecule is CC(C(=O)CCC(=O)c1ccc(F)cc1)c1ccccc1. The largest absolute Gasteiger partial charge is 0.299 e. The molecule has 1 unspecified atom stereocenters. The summed E-state index contributed by atoms with van der Waals surface area (Å²) in [5.74, 6) is -0.687. The van der Waals surface area contributed by atoms with E-state index in [1.165, 1.54) is 24.3 Å². The third-order valence-electron chi connectivity index (χ3n) is 3.55. The van der Waals surface area contributed by atoms with Crippen molar-refractivity contribution < 1.29 is 14.0 Å². The van der Waals surface area contributed by atoms with Crippen molar-refractivity contribution in [1.29, 1.82) is 0 Å². The van der Waals surface area contributed by atoms with Crippen LogP contribution in [-0.2, 0) is 4.79 Å². The molecule has 21 heavy (non-hydrogen) atoms. The van der Waals surface area contributed by atoms with Crippen molar-refractivity contribution in [3.63, 3.8) is 0 Å². The molecular weight excluding hydrogens is 267 g/mol. The van der Waals surface area contributed by atoms with Gasteiger partial charge in [0.1, 0.15) is 11.6 Å². The molecule has 1 atom stereocenters. The summed E-state index contributed by atoms with van der Waals surface area (Å²) in [6.45, 7) is 1.85. The van der Waals surface area contributed by atoms with Crippen molar-refractivity contribution in [1.82, 2.24) is 0 Å². The Bertz CT molecular complexity index is 617. The van der Waals surface area contributed by atoms with Crippen LogP contribution in [-0.4, -0.2) is 11.6 Å². The van der Waals surface area contributed by atoms with Gasteiger partial charge in [-0.05, 0) is 29.8 Å². The van der Waals surface area contributed by atoms with Crippen molar-refractivity contribution in [2.75, 3.05) is 0 Å². The lowest BCUT2D eigenvalue weighted by Gasteiger charge is -2.10. The molecule has 0 fully saturated rings. The average molecular weight is 284 g/mol. The highest BCUT2D eigenvalue weighted by atomic mass is 19.1. The van der Waals surface area contributed by atoms with Gasteiger partial charge in [-0.3, -0.25) is 9.59 Å². The Morgan fingerprint density at radius 3 is 2.19 bits per heavy atom. The summed E-state index contributed by atoms with van der Waals surface area (Å²) >= 11 is 0. The van der Waals surface area contributed by atoms with Crippen molar-refractivity contribution in [2.45, 2.75) is 25.7 Å². The first-order chi connectivity index (χ1) is 10.1. The van der Waals surface area contributed by atoms with Gasteiger partial charge in [0, 0.05) is 24.3 Å². The fourth-order valence-electron chi connectivity index (χ4n) is 2.16. The van der Waals surface area contributed by atoms with Gasteiger partial charge >= 0.3 is 0 Å². The number of halogens is 1. The lowest BCUT2D eigenvalue weighted by molar-refractivity contribution is -0.120. The lowest BCUT2D eigenvalue weighted by atomic mass is 9.93. The first-order valence-electron chi connectivity index (χ1n) is 6.94. The van der Waals surface area contributed by atoms with Gasteiger partial charge in [-0.15, -0.1) is 0 Å². The number of hydrogen-bond donors (Lipinski definition) is 0. The minimum Gasteiger partial charge on any atom is -0.299 e. The summed E-state index contributed by atoms with van der Waals surface area (Å²) in [6.07, 6.45) is 0.355. The van der Waals surface area contributed by atoms with Gasteiger partial charge in [0.05, 0.1) is 0 Å². The molecule has 2 rings (SSSR count). The predicted octanol–water partition coefficient (Wildman–Crippen LogP) is 4.16. The molecule has 0 bridgehead atoms. The molecule has 0 aromatic heterocycles. The molecule has 0 aliphatic heterocycles. The Balaban J connectivity index is 1.92. The number of ketones is 2. The smallest absolute Gasteiger partial charge is 0.163 e. The van der Waals surface area contributed by atoms with E-state index in [4.69, 9.17) is 0 Å². The average Bonchev–Trinajstić information content (AvgIpc) is 2.53. The first-order valence-corrected chi connectivity index (χ1v) is 6.94. The normalized spacial score (nSPS) is 11.9. The van der Waals surface area contributed by atoms with E-state index in [0.717, 1.165) is 5.56 Å². The molecule has 0 aliphatic rings. The number of rotatable bonds is 6. The number of Topliss-reactive ketones (excluding diaryl/α,β-unsaturated/α-hetero) is 2. The minimum absolute atomic E-state index is 0.0386. The number of hydrogen-bond acceptors (Lipinski definition) is 2. The van der Waals surface area contributed by atoms with Gasteiger partial charge in [-0.2, -0.15) is 0 Å². The van der Waals surface area contributed by atoms with Gasteiger partial charge in [0.15, 0.2) is 5.78 Å². The Morgan fingerprint density at radius 2 is 1.57 bits per heavy atom. The molecule has 3 heteroatoms. The molecule has 2 aromatic rings. The van der Waals surface area contributed by atoms with Crippen LogP contribution in [0.5, 0.6) is 0 Å². The van der Waals surface area contributed by atoms with Gasteiger partial charge in [0.25, 0.3) is 0 Å². The van der Waals surface area contributed by atoms with Gasteiger partial charge in [-0.1, -0.05) is 37.3 Å². The highest BCUT2D eigenvalue weighted by Crippen LogP contribution is 2.18. The monoisotopic (exact) mass is 284 g/mol. The van der Waals surface area contributed by atoms with Crippen LogP contribution < -0.4 is 0 Å². The molecular formula is C18H17FO2. The maximum Gasteiger partial charge on any atom is 0.163 e. The van der Waals surface area contributed by atoms with E-state index in [-0.39, 0.29) is 36.1 Å². The highest BCUT2D eigenvalue weighted by molar-refractivity contribution is 5.98. The molecule has 108 valence electrons. The molecule has 0 aliphatic carbocycles. The third kappa shape index (κ3) is 4.09. The van der Waals surface area contributed by atoms with Crippen LogP contribution in [0.3, 0.4) is 0 Å². The Hall–Kier alpha value is -2.29. The molecule has 0 heterocycles. The molecule has 0 saturated carbocycles. The molecule has 2 aromatic carbocycles. The topological polar surface area (TPSA) is 34.1 Å². The maximum atomic E-state index is 12.8. The van der Waals surface area contributed by atoms with E-state index in [1.54, 1.807) is 0 Å². The van der Waals surface area contributed by atoms with Crippen molar-refractivity contribution in [3.05, 3.63) is 71.5 Å². The van der Waals surface area contributed by atoms with E-state index >= 15 is 0 Å². The fraction of sp³-hybridized carbons (Fsp3) is 0.222. The molecule has 0 saturated heterocycles. The van der Waals surface area contributed by atoms with Gasteiger partial charge < -0.3 is 0 Å². The summed E-state index contributed by atoms with van der Waals surface area (Å²) < 4.78 is 12.8. The summed E-state index contributed by atoms with van der Waals surface area (Å²) in [5, 5.41) is 0. The molecule has 0 N–H and O–H groups in total. The summed E-state index contributed by atoms with van der Waals surface area (Å²) in [4.78, 5) is 24.1. The van der Waals surface area contributed by atoms with E-state index in [9.17, 15) is 14.0 Å². The number of carbonyl (C=O) groups excluding carboxylic acids is 2. The molecule has 0 amide bonds.